The van der Waals surface area contributed by atoms with Crippen LogP contribution in [0.2, 0.25) is 0 Å². The van der Waals surface area contributed by atoms with Crippen molar-refractivity contribution in [2.45, 2.75) is 56.7 Å². The first-order valence-electron chi connectivity index (χ1n) is 11.3. The number of urea groups is 1. The van der Waals surface area contributed by atoms with Crippen LogP contribution in [0.15, 0.2) is 60.8 Å². The molecule has 5 nitrogen and oxygen atoms in total. The van der Waals surface area contributed by atoms with E-state index in [0.29, 0.717) is 0 Å². The Kier molecular flexibility index (Phi) is 7.86. The van der Waals surface area contributed by atoms with Gasteiger partial charge < -0.3 is 15.6 Å². The molecule has 0 spiro atoms. The first-order chi connectivity index (χ1) is 15.0. The SMILES string of the molecule is CC(Cc1c[nH]c2ccccc12)NC(=O)NC1CCC(c2ccccc2)(N(C)C)CC1.Cl. The molecule has 1 unspecified atom stereocenters. The van der Waals surface area contributed by atoms with Crippen LogP contribution in [0.25, 0.3) is 10.9 Å². The third-order valence-electron chi connectivity index (χ3n) is 6.89. The van der Waals surface area contributed by atoms with E-state index in [9.17, 15) is 4.79 Å². The highest BCUT2D eigenvalue weighted by Crippen LogP contribution is 2.41. The fraction of sp³-hybridized carbons (Fsp3) is 0.423. The zero-order valence-corrected chi connectivity index (χ0v) is 20.0. The van der Waals surface area contributed by atoms with E-state index < -0.39 is 0 Å². The van der Waals surface area contributed by atoms with Gasteiger partial charge >= 0.3 is 6.03 Å². The van der Waals surface area contributed by atoms with Crippen LogP contribution in [0, 0.1) is 0 Å². The molecule has 2 aromatic carbocycles. The highest BCUT2D eigenvalue weighted by atomic mass is 35.5. The lowest BCUT2D eigenvalue weighted by Gasteiger charge is -2.45. The number of fused-ring (bicyclic) bond motifs is 1. The second-order valence-corrected chi connectivity index (χ2v) is 9.15. The minimum Gasteiger partial charge on any atom is -0.361 e. The molecule has 0 aliphatic heterocycles. The van der Waals surface area contributed by atoms with Crippen molar-refractivity contribution in [2.24, 2.45) is 0 Å². The Bertz CT molecular complexity index is 1010. The average molecular weight is 455 g/mol. The van der Waals surface area contributed by atoms with E-state index >= 15 is 0 Å². The number of carbonyl (C=O) groups excluding carboxylic acids is 1. The van der Waals surface area contributed by atoms with E-state index in [2.05, 4.69) is 90.1 Å². The highest BCUT2D eigenvalue weighted by molar-refractivity contribution is 5.85. The number of nitrogens with zero attached hydrogens (tertiary/aromatic N) is 1. The molecule has 1 aliphatic carbocycles. The van der Waals surface area contributed by atoms with Gasteiger partial charge in [-0.05, 0) is 70.3 Å². The predicted molar refractivity (Wildman–Crippen MR) is 134 cm³/mol. The number of hydrogen-bond donors (Lipinski definition) is 3. The maximum absolute atomic E-state index is 12.6. The number of nitrogens with one attached hydrogen (secondary N) is 3. The molecule has 1 aliphatic rings. The van der Waals surface area contributed by atoms with E-state index in [4.69, 9.17) is 0 Å². The molecule has 2 amide bonds. The van der Waals surface area contributed by atoms with E-state index in [-0.39, 0.29) is 36.1 Å². The molecule has 32 heavy (non-hydrogen) atoms. The summed E-state index contributed by atoms with van der Waals surface area (Å²) in [5.74, 6) is 0. The van der Waals surface area contributed by atoms with Crippen molar-refractivity contribution in [1.29, 1.82) is 0 Å². The van der Waals surface area contributed by atoms with Crippen molar-refractivity contribution in [1.82, 2.24) is 20.5 Å². The number of amides is 2. The molecule has 0 saturated heterocycles. The van der Waals surface area contributed by atoms with Gasteiger partial charge in [0.1, 0.15) is 0 Å². The third-order valence-corrected chi connectivity index (χ3v) is 6.89. The molecule has 0 bridgehead atoms. The fourth-order valence-corrected chi connectivity index (χ4v) is 5.11. The monoisotopic (exact) mass is 454 g/mol. The van der Waals surface area contributed by atoms with Crippen LogP contribution in [0.1, 0.15) is 43.7 Å². The third kappa shape index (κ3) is 5.11. The largest absolute Gasteiger partial charge is 0.361 e. The summed E-state index contributed by atoms with van der Waals surface area (Å²) in [5, 5.41) is 7.58. The van der Waals surface area contributed by atoms with Crippen LogP contribution in [-0.2, 0) is 12.0 Å². The molecule has 3 aromatic rings. The van der Waals surface area contributed by atoms with Gasteiger partial charge in [0.15, 0.2) is 0 Å². The molecule has 6 heteroatoms. The quantitative estimate of drug-likeness (QED) is 0.478. The van der Waals surface area contributed by atoms with Crippen molar-refractivity contribution in [3.8, 4) is 0 Å². The number of aromatic nitrogens is 1. The lowest BCUT2D eigenvalue weighted by atomic mass is 9.74. The molecule has 172 valence electrons. The predicted octanol–water partition coefficient (Wildman–Crippen LogP) is 5.22. The van der Waals surface area contributed by atoms with Crippen molar-refractivity contribution >= 4 is 29.3 Å². The normalized spacial score (nSPS) is 21.7. The minimum atomic E-state index is -0.0607. The van der Waals surface area contributed by atoms with E-state index in [1.807, 2.05) is 12.3 Å². The standard InChI is InChI=1S/C26H34N4O.ClH/c1-19(17-20-18-27-24-12-8-7-11-23(20)24)28-25(31)29-22-13-15-26(16-14-22,30(2)3)21-9-5-4-6-10-21;/h4-12,18-19,22,27H,13-17H2,1-3H3,(H2,28,29,31);1H. The summed E-state index contributed by atoms with van der Waals surface area (Å²) in [6.07, 6.45) is 6.90. The lowest BCUT2D eigenvalue weighted by Crippen LogP contribution is -2.51. The van der Waals surface area contributed by atoms with E-state index in [1.165, 1.54) is 16.5 Å². The summed E-state index contributed by atoms with van der Waals surface area (Å²) in [4.78, 5) is 18.3. The molecule has 0 radical (unpaired) electrons. The van der Waals surface area contributed by atoms with Gasteiger partial charge in [-0.3, -0.25) is 4.90 Å². The molecule has 3 N–H and O–H groups in total. The van der Waals surface area contributed by atoms with Crippen LogP contribution >= 0.6 is 12.4 Å². The molecular weight excluding hydrogens is 420 g/mol. The summed E-state index contributed by atoms with van der Waals surface area (Å²) < 4.78 is 0. The van der Waals surface area contributed by atoms with E-state index in [1.54, 1.807) is 0 Å². The fourth-order valence-electron chi connectivity index (χ4n) is 5.11. The summed E-state index contributed by atoms with van der Waals surface area (Å²) in [6, 6.07) is 19.3. The molecule has 4 rings (SSSR count). The maximum Gasteiger partial charge on any atom is 0.315 e. The van der Waals surface area contributed by atoms with Crippen LogP contribution in [-0.4, -0.2) is 42.1 Å². The van der Waals surface area contributed by atoms with Crippen LogP contribution < -0.4 is 10.6 Å². The van der Waals surface area contributed by atoms with Gasteiger partial charge in [0.25, 0.3) is 0 Å². The second-order valence-electron chi connectivity index (χ2n) is 9.15. The van der Waals surface area contributed by atoms with Gasteiger partial charge in [0, 0.05) is 34.7 Å². The van der Waals surface area contributed by atoms with Crippen LogP contribution in [0.3, 0.4) is 0 Å². The zero-order chi connectivity index (χ0) is 21.8. The molecular formula is C26H35ClN4O. The first-order valence-corrected chi connectivity index (χ1v) is 11.3. The number of carbonyl (C=O) groups is 1. The molecule has 1 atom stereocenters. The molecule has 1 saturated carbocycles. The number of aromatic amines is 1. The van der Waals surface area contributed by atoms with Gasteiger partial charge in [0.2, 0.25) is 0 Å². The topological polar surface area (TPSA) is 60.2 Å². The Morgan fingerprint density at radius 2 is 1.75 bits per heavy atom. The summed E-state index contributed by atoms with van der Waals surface area (Å²) in [5.41, 5.74) is 3.80. The Balaban J connectivity index is 0.00000289. The van der Waals surface area contributed by atoms with Gasteiger partial charge in [-0.25, -0.2) is 4.79 Å². The smallest absolute Gasteiger partial charge is 0.315 e. The van der Waals surface area contributed by atoms with E-state index in [0.717, 1.165) is 37.6 Å². The van der Waals surface area contributed by atoms with Gasteiger partial charge in [0.05, 0.1) is 0 Å². The molecule has 1 heterocycles. The van der Waals surface area contributed by atoms with Crippen LogP contribution in [0.4, 0.5) is 4.79 Å². The Hall–Kier alpha value is -2.50. The Morgan fingerprint density at radius 1 is 1.09 bits per heavy atom. The second kappa shape index (κ2) is 10.4. The van der Waals surface area contributed by atoms with Crippen molar-refractivity contribution in [3.05, 3.63) is 71.9 Å². The Morgan fingerprint density at radius 3 is 2.44 bits per heavy atom. The first kappa shape index (κ1) is 24.1. The average Bonchev–Trinajstić information content (AvgIpc) is 3.17. The molecule has 1 fully saturated rings. The van der Waals surface area contributed by atoms with Crippen molar-refractivity contribution < 1.29 is 4.79 Å². The highest BCUT2D eigenvalue weighted by Gasteiger charge is 2.39. The number of hydrogen-bond acceptors (Lipinski definition) is 2. The van der Waals surface area contributed by atoms with Crippen molar-refractivity contribution in [2.75, 3.05) is 14.1 Å². The summed E-state index contributed by atoms with van der Waals surface area (Å²) in [7, 11) is 4.33. The number of para-hydroxylation sites is 1. The zero-order valence-electron chi connectivity index (χ0n) is 19.2. The maximum atomic E-state index is 12.6. The minimum absolute atomic E-state index is 0. The summed E-state index contributed by atoms with van der Waals surface area (Å²) in [6.45, 7) is 2.06. The van der Waals surface area contributed by atoms with Crippen LogP contribution in [0.5, 0.6) is 0 Å². The lowest BCUT2D eigenvalue weighted by molar-refractivity contribution is 0.0869. The molecule has 1 aromatic heterocycles. The number of rotatable bonds is 6. The summed E-state index contributed by atoms with van der Waals surface area (Å²) >= 11 is 0. The number of benzene rings is 2. The van der Waals surface area contributed by atoms with Crippen molar-refractivity contribution in [3.63, 3.8) is 0 Å². The number of halogens is 1. The van der Waals surface area contributed by atoms with Gasteiger partial charge in [-0.15, -0.1) is 12.4 Å². The van der Waals surface area contributed by atoms with Gasteiger partial charge in [-0.1, -0.05) is 48.5 Å². The number of H-pyrrole nitrogens is 1. The Labute approximate surface area is 197 Å². The van der Waals surface area contributed by atoms with Gasteiger partial charge in [-0.2, -0.15) is 0 Å².